The van der Waals surface area contributed by atoms with Gasteiger partial charge in [-0.15, -0.1) is 0 Å². The van der Waals surface area contributed by atoms with Gasteiger partial charge in [0.2, 0.25) is 0 Å². The topological polar surface area (TPSA) is 34.9 Å². The molecule has 0 radical (unpaired) electrons. The van der Waals surface area contributed by atoms with Crippen LogP contribution in [0.4, 0.5) is 0 Å². The monoisotopic (exact) mass is 188 g/mol. The lowest BCUT2D eigenvalue weighted by Gasteiger charge is -1.97. The van der Waals surface area contributed by atoms with E-state index in [1.54, 1.807) is 4.68 Å². The van der Waals surface area contributed by atoms with Gasteiger partial charge in [0, 0.05) is 5.39 Å². The molecule has 0 saturated heterocycles. The molecule has 1 aromatic heterocycles. The second kappa shape index (κ2) is 3.25. The maximum Gasteiger partial charge on any atom is 0.141 e. The van der Waals surface area contributed by atoms with E-state index in [1.807, 2.05) is 19.9 Å². The van der Waals surface area contributed by atoms with E-state index in [-0.39, 0.29) is 0 Å². The fraction of sp³-hybridized carbons (Fsp3) is 0.273. The summed E-state index contributed by atoms with van der Waals surface area (Å²) in [6.07, 6.45) is 0.869. The molecule has 0 spiro atoms. The Bertz CT molecular complexity index is 485. The number of hydrogen-bond donors (Lipinski definition) is 0. The first-order valence-corrected chi connectivity index (χ1v) is 4.60. The van der Waals surface area contributed by atoms with Crippen LogP contribution >= 0.6 is 0 Å². The first kappa shape index (κ1) is 8.94. The third-order valence-electron chi connectivity index (χ3n) is 2.34. The van der Waals surface area contributed by atoms with E-state index < -0.39 is 0 Å². The zero-order valence-corrected chi connectivity index (χ0v) is 8.32. The summed E-state index contributed by atoms with van der Waals surface area (Å²) >= 11 is 0. The molecule has 1 aromatic carbocycles. The molecule has 2 aromatic rings. The van der Waals surface area contributed by atoms with E-state index in [0.29, 0.717) is 6.54 Å². The lowest BCUT2D eigenvalue weighted by molar-refractivity contribution is -0.108. The largest absolute Gasteiger partial charge is 0.301 e. The number of aryl methyl sites for hydroxylation is 2. The Morgan fingerprint density at radius 2 is 2.21 bits per heavy atom. The molecule has 0 N–H and O–H groups in total. The predicted molar refractivity (Wildman–Crippen MR) is 55.3 cm³/mol. The van der Waals surface area contributed by atoms with Crippen LogP contribution in [-0.4, -0.2) is 16.1 Å². The highest BCUT2D eigenvalue weighted by Crippen LogP contribution is 2.18. The summed E-state index contributed by atoms with van der Waals surface area (Å²) < 4.78 is 1.74. The van der Waals surface area contributed by atoms with Crippen molar-refractivity contribution in [1.29, 1.82) is 0 Å². The van der Waals surface area contributed by atoms with E-state index in [1.165, 1.54) is 5.56 Å². The molecule has 2 rings (SSSR count). The summed E-state index contributed by atoms with van der Waals surface area (Å²) in [5, 5.41) is 5.43. The summed E-state index contributed by atoms with van der Waals surface area (Å²) in [5.74, 6) is 0. The molecule has 3 nitrogen and oxygen atoms in total. The maximum absolute atomic E-state index is 10.5. The average Bonchev–Trinajstić information content (AvgIpc) is 2.44. The van der Waals surface area contributed by atoms with Gasteiger partial charge in [-0.05, 0) is 25.5 Å². The number of benzene rings is 1. The van der Waals surface area contributed by atoms with Crippen molar-refractivity contribution >= 4 is 17.2 Å². The smallest absolute Gasteiger partial charge is 0.141 e. The number of carbonyl (C=O) groups excluding carboxylic acids is 1. The number of carbonyl (C=O) groups is 1. The summed E-state index contributed by atoms with van der Waals surface area (Å²) in [6, 6.07) is 6.16. The summed E-state index contributed by atoms with van der Waals surface area (Å²) in [7, 11) is 0. The lowest BCUT2D eigenvalue weighted by Crippen LogP contribution is -2.00. The van der Waals surface area contributed by atoms with Crippen molar-refractivity contribution in [2.24, 2.45) is 0 Å². The van der Waals surface area contributed by atoms with Crippen LogP contribution < -0.4 is 0 Å². The highest BCUT2D eigenvalue weighted by molar-refractivity contribution is 5.83. The quantitative estimate of drug-likeness (QED) is 0.674. The fourth-order valence-corrected chi connectivity index (χ4v) is 1.66. The minimum Gasteiger partial charge on any atom is -0.301 e. The summed E-state index contributed by atoms with van der Waals surface area (Å²) in [4.78, 5) is 10.5. The summed E-state index contributed by atoms with van der Waals surface area (Å²) in [5.41, 5.74) is 3.20. The van der Waals surface area contributed by atoms with Crippen LogP contribution in [-0.2, 0) is 11.3 Å². The minimum absolute atomic E-state index is 0.327. The van der Waals surface area contributed by atoms with E-state index >= 15 is 0 Å². The molecular formula is C11H12N2O. The van der Waals surface area contributed by atoms with Gasteiger partial charge in [-0.2, -0.15) is 5.10 Å². The van der Waals surface area contributed by atoms with Gasteiger partial charge in [-0.3, -0.25) is 4.68 Å². The van der Waals surface area contributed by atoms with Crippen LogP contribution in [0, 0.1) is 13.8 Å². The second-order valence-electron chi connectivity index (χ2n) is 3.45. The number of fused-ring (bicyclic) bond motifs is 1. The first-order valence-electron chi connectivity index (χ1n) is 4.60. The van der Waals surface area contributed by atoms with Crippen LogP contribution in [0.1, 0.15) is 11.3 Å². The third-order valence-corrected chi connectivity index (χ3v) is 2.34. The number of hydrogen-bond acceptors (Lipinski definition) is 2. The van der Waals surface area contributed by atoms with E-state index in [4.69, 9.17) is 0 Å². The third kappa shape index (κ3) is 1.31. The molecule has 14 heavy (non-hydrogen) atoms. The van der Waals surface area contributed by atoms with Crippen molar-refractivity contribution in [1.82, 2.24) is 9.78 Å². The van der Waals surface area contributed by atoms with E-state index in [9.17, 15) is 4.79 Å². The van der Waals surface area contributed by atoms with Crippen molar-refractivity contribution in [2.75, 3.05) is 0 Å². The van der Waals surface area contributed by atoms with Crippen LogP contribution in [0.2, 0.25) is 0 Å². The second-order valence-corrected chi connectivity index (χ2v) is 3.45. The van der Waals surface area contributed by atoms with Crippen LogP contribution in [0.15, 0.2) is 18.2 Å². The lowest BCUT2D eigenvalue weighted by atomic mass is 10.1. The van der Waals surface area contributed by atoms with Gasteiger partial charge in [0.15, 0.2) is 0 Å². The molecule has 0 unspecified atom stereocenters. The van der Waals surface area contributed by atoms with Gasteiger partial charge >= 0.3 is 0 Å². The van der Waals surface area contributed by atoms with Crippen molar-refractivity contribution in [3.63, 3.8) is 0 Å². The molecule has 0 aliphatic rings. The zero-order valence-electron chi connectivity index (χ0n) is 8.32. The standard InChI is InChI=1S/C11H12N2O/c1-8-3-4-10-9(2)12-13(5-6-14)11(10)7-8/h3-4,6-7H,5H2,1-2H3. The van der Waals surface area contributed by atoms with Gasteiger partial charge in [0.1, 0.15) is 6.29 Å². The zero-order chi connectivity index (χ0) is 10.1. The van der Waals surface area contributed by atoms with Gasteiger partial charge in [0.05, 0.1) is 17.8 Å². The number of aromatic nitrogens is 2. The van der Waals surface area contributed by atoms with Crippen molar-refractivity contribution in [3.05, 3.63) is 29.5 Å². The Hall–Kier alpha value is -1.64. The molecule has 0 aliphatic heterocycles. The number of aldehydes is 1. The Labute approximate surface area is 82.3 Å². The molecule has 1 heterocycles. The van der Waals surface area contributed by atoms with E-state index in [0.717, 1.165) is 22.9 Å². The highest BCUT2D eigenvalue weighted by Gasteiger charge is 2.05. The van der Waals surface area contributed by atoms with Crippen molar-refractivity contribution in [2.45, 2.75) is 20.4 Å². The number of rotatable bonds is 2. The van der Waals surface area contributed by atoms with Crippen LogP contribution in [0.25, 0.3) is 10.9 Å². The molecule has 0 aliphatic carbocycles. The SMILES string of the molecule is Cc1ccc2c(C)nn(CC=O)c2c1. The molecule has 0 amide bonds. The molecule has 72 valence electrons. The normalized spacial score (nSPS) is 10.7. The van der Waals surface area contributed by atoms with Gasteiger partial charge in [-0.1, -0.05) is 12.1 Å². The minimum atomic E-state index is 0.327. The Morgan fingerprint density at radius 1 is 1.43 bits per heavy atom. The van der Waals surface area contributed by atoms with Crippen LogP contribution in [0.3, 0.4) is 0 Å². The Morgan fingerprint density at radius 3 is 2.93 bits per heavy atom. The first-order chi connectivity index (χ1) is 6.72. The molecule has 0 atom stereocenters. The van der Waals surface area contributed by atoms with Crippen molar-refractivity contribution in [3.8, 4) is 0 Å². The van der Waals surface area contributed by atoms with E-state index in [2.05, 4.69) is 17.2 Å². The summed E-state index contributed by atoms with van der Waals surface area (Å²) in [6.45, 7) is 4.32. The molecule has 0 saturated carbocycles. The van der Waals surface area contributed by atoms with Crippen molar-refractivity contribution < 1.29 is 4.79 Å². The van der Waals surface area contributed by atoms with Crippen LogP contribution in [0.5, 0.6) is 0 Å². The highest BCUT2D eigenvalue weighted by atomic mass is 16.1. The average molecular weight is 188 g/mol. The fourth-order valence-electron chi connectivity index (χ4n) is 1.66. The molecule has 0 bridgehead atoms. The van der Waals surface area contributed by atoms with Gasteiger partial charge < -0.3 is 4.79 Å². The molecule has 0 fully saturated rings. The number of nitrogens with zero attached hydrogens (tertiary/aromatic N) is 2. The predicted octanol–water partition coefficient (Wildman–Crippen LogP) is 1.85. The Balaban J connectivity index is 2.72. The Kier molecular flexibility index (Phi) is 2.08. The molecule has 3 heteroatoms. The van der Waals surface area contributed by atoms with Gasteiger partial charge in [-0.25, -0.2) is 0 Å². The maximum atomic E-state index is 10.5. The van der Waals surface area contributed by atoms with Gasteiger partial charge in [0.25, 0.3) is 0 Å². The molecular weight excluding hydrogens is 176 g/mol.